The number of rotatable bonds is 4. The van der Waals surface area contributed by atoms with E-state index < -0.39 is 8.07 Å². The van der Waals surface area contributed by atoms with Gasteiger partial charge in [-0.25, -0.2) is 0 Å². The Bertz CT molecular complexity index is 3060. The molecule has 10 aromatic rings. The van der Waals surface area contributed by atoms with Crippen LogP contribution in [-0.2, 0) is 0 Å². The first-order valence-electron chi connectivity index (χ1n) is 17.9. The molecule has 0 fully saturated rings. The highest BCUT2D eigenvalue weighted by molar-refractivity contribution is 7.25. The molecule has 0 aliphatic carbocycles. The smallest absolute Gasteiger partial charge is 0.136 e. The Hall–Kier alpha value is -5.94. The van der Waals surface area contributed by atoms with Crippen LogP contribution in [0.1, 0.15) is 0 Å². The molecular weight excluding hydrogens is 667 g/mol. The summed E-state index contributed by atoms with van der Waals surface area (Å²) >= 11 is 1.87. The van der Waals surface area contributed by atoms with Crippen molar-refractivity contribution in [3.8, 4) is 22.3 Å². The van der Waals surface area contributed by atoms with E-state index in [4.69, 9.17) is 4.42 Å². The van der Waals surface area contributed by atoms with Gasteiger partial charge in [0.2, 0.25) is 0 Å². The molecule has 0 bridgehead atoms. The fourth-order valence-electron chi connectivity index (χ4n) is 8.64. The van der Waals surface area contributed by atoms with Crippen molar-refractivity contribution in [3.05, 3.63) is 164 Å². The lowest BCUT2D eigenvalue weighted by Gasteiger charge is -2.28. The van der Waals surface area contributed by atoms with Crippen LogP contribution in [-0.4, -0.2) is 8.07 Å². The predicted molar refractivity (Wildman–Crippen MR) is 226 cm³/mol. The zero-order valence-corrected chi connectivity index (χ0v) is 30.7. The van der Waals surface area contributed by atoms with Gasteiger partial charge >= 0.3 is 0 Å². The molecule has 0 radical (unpaired) electrons. The predicted octanol–water partition coefficient (Wildman–Crippen LogP) is 13.0. The second-order valence-electron chi connectivity index (χ2n) is 14.5. The van der Waals surface area contributed by atoms with Crippen LogP contribution in [0, 0.1) is 0 Å². The Balaban J connectivity index is 1.09. The maximum atomic E-state index is 6.37. The van der Waals surface area contributed by atoms with E-state index in [0.717, 1.165) is 22.5 Å². The maximum Gasteiger partial charge on any atom is 0.136 e. The van der Waals surface area contributed by atoms with Crippen LogP contribution in [0.4, 0.5) is 17.1 Å². The maximum absolute atomic E-state index is 6.37. The van der Waals surface area contributed by atoms with Crippen molar-refractivity contribution in [1.29, 1.82) is 0 Å². The number of furan rings is 1. The molecule has 8 aromatic carbocycles. The van der Waals surface area contributed by atoms with Crippen molar-refractivity contribution >= 4 is 99.7 Å². The molecule has 0 amide bonds. The SMILES string of the molecule is C[Si]1(C)c2cc(N(c3ccc(-c4ccc5ccccc5c4)cc3)c3ccc4c(c3)sc3ccccc34)ccc2-c2c1ccc1oc3ccccc3c21. The van der Waals surface area contributed by atoms with Crippen LogP contribution in [0.15, 0.2) is 168 Å². The van der Waals surface area contributed by atoms with E-state index in [1.807, 2.05) is 11.3 Å². The molecule has 4 heteroatoms. The number of para-hydroxylation sites is 1. The third-order valence-electron chi connectivity index (χ3n) is 11.2. The molecule has 1 aliphatic rings. The lowest BCUT2D eigenvalue weighted by atomic mass is 9.99. The fraction of sp³-hybridized carbons (Fsp3) is 0.0417. The fourth-order valence-corrected chi connectivity index (χ4v) is 12.8. The quantitative estimate of drug-likeness (QED) is 0.170. The number of anilines is 3. The summed E-state index contributed by atoms with van der Waals surface area (Å²) in [4.78, 5) is 2.45. The van der Waals surface area contributed by atoms with E-state index in [9.17, 15) is 0 Å². The summed E-state index contributed by atoms with van der Waals surface area (Å²) in [6.45, 7) is 5.00. The van der Waals surface area contributed by atoms with Gasteiger partial charge in [0.25, 0.3) is 0 Å². The highest BCUT2D eigenvalue weighted by Gasteiger charge is 2.39. The highest BCUT2D eigenvalue weighted by atomic mass is 32.1. The summed E-state index contributed by atoms with van der Waals surface area (Å²) in [6, 6.07) is 60.3. The van der Waals surface area contributed by atoms with Crippen LogP contribution in [0.25, 0.3) is 75.1 Å². The molecule has 3 heterocycles. The third kappa shape index (κ3) is 4.35. The minimum atomic E-state index is -2.05. The van der Waals surface area contributed by atoms with E-state index in [1.54, 1.807) is 0 Å². The summed E-state index contributed by atoms with van der Waals surface area (Å²) in [5.41, 5.74) is 10.5. The first-order valence-corrected chi connectivity index (χ1v) is 21.7. The lowest BCUT2D eigenvalue weighted by molar-refractivity contribution is 0.669. The Morgan fingerprint density at radius 3 is 2.06 bits per heavy atom. The van der Waals surface area contributed by atoms with E-state index in [0.29, 0.717) is 0 Å². The third-order valence-corrected chi connectivity index (χ3v) is 15.9. The first kappa shape index (κ1) is 29.8. The number of nitrogens with zero attached hydrogens (tertiary/aromatic N) is 1. The van der Waals surface area contributed by atoms with Gasteiger partial charge in [0.05, 0.1) is 0 Å². The summed E-state index contributed by atoms with van der Waals surface area (Å²) in [7, 11) is -2.05. The Morgan fingerprint density at radius 2 is 1.17 bits per heavy atom. The topological polar surface area (TPSA) is 16.4 Å². The lowest BCUT2D eigenvalue weighted by Crippen LogP contribution is -2.49. The second kappa shape index (κ2) is 11.0. The molecule has 0 spiro atoms. The monoisotopic (exact) mass is 699 g/mol. The summed E-state index contributed by atoms with van der Waals surface area (Å²) in [6.07, 6.45) is 0. The standard InChI is InChI=1S/C48H33NOSSi/c1-52(2)45-26-25-42-47(39-12-5-7-13-41(39)50-42)48(45)40-24-22-36(29-46(40)52)49(35-21-23-38-37-11-6-8-14-43(37)51-44(38)28-35)34-19-17-31(18-20-34)33-16-15-30-9-3-4-10-32(30)27-33/h3-29H,1-2H3. The zero-order valence-electron chi connectivity index (χ0n) is 28.9. The summed E-state index contributed by atoms with van der Waals surface area (Å²) < 4.78 is 8.99. The zero-order chi connectivity index (χ0) is 34.6. The van der Waals surface area contributed by atoms with Crippen LogP contribution in [0.3, 0.4) is 0 Å². The number of benzene rings is 8. The van der Waals surface area contributed by atoms with Gasteiger partial charge in [0.1, 0.15) is 19.2 Å². The summed E-state index contributed by atoms with van der Waals surface area (Å²) in [5.74, 6) is 0. The molecule has 0 unspecified atom stereocenters. The molecule has 2 aromatic heterocycles. The van der Waals surface area contributed by atoms with Crippen LogP contribution in [0.2, 0.25) is 13.1 Å². The van der Waals surface area contributed by atoms with Gasteiger partial charge < -0.3 is 9.32 Å². The molecule has 2 nitrogen and oxygen atoms in total. The molecule has 52 heavy (non-hydrogen) atoms. The van der Waals surface area contributed by atoms with E-state index >= 15 is 0 Å². The second-order valence-corrected chi connectivity index (χ2v) is 19.9. The molecule has 0 saturated heterocycles. The van der Waals surface area contributed by atoms with Crippen molar-refractivity contribution in [3.63, 3.8) is 0 Å². The Kier molecular flexibility index (Phi) is 6.31. The van der Waals surface area contributed by atoms with Gasteiger partial charge in [-0.3, -0.25) is 0 Å². The molecule has 246 valence electrons. The molecule has 1 aliphatic heterocycles. The van der Waals surface area contributed by atoms with Crippen LogP contribution in [0.5, 0.6) is 0 Å². The summed E-state index contributed by atoms with van der Waals surface area (Å²) in [5, 5.41) is 10.5. The minimum absolute atomic E-state index is 0.949. The van der Waals surface area contributed by atoms with Crippen LogP contribution >= 0.6 is 11.3 Å². The van der Waals surface area contributed by atoms with Gasteiger partial charge in [0.15, 0.2) is 0 Å². The average Bonchev–Trinajstić information content (AvgIpc) is 3.82. The van der Waals surface area contributed by atoms with Crippen LogP contribution < -0.4 is 15.3 Å². The molecule has 0 N–H and O–H groups in total. The number of thiophene rings is 1. The largest absolute Gasteiger partial charge is 0.456 e. The molecule has 0 atom stereocenters. The van der Waals surface area contributed by atoms with E-state index in [-0.39, 0.29) is 0 Å². The average molecular weight is 700 g/mol. The van der Waals surface area contributed by atoms with Gasteiger partial charge in [-0.1, -0.05) is 116 Å². The molecular formula is C48H33NOSSi. The van der Waals surface area contributed by atoms with Gasteiger partial charge in [-0.05, 0) is 104 Å². The number of fused-ring (bicyclic) bond motifs is 11. The van der Waals surface area contributed by atoms with Gasteiger partial charge in [0, 0.05) is 48.0 Å². The molecule has 0 saturated carbocycles. The van der Waals surface area contributed by atoms with Crippen molar-refractivity contribution < 1.29 is 4.42 Å². The number of hydrogen-bond donors (Lipinski definition) is 0. The van der Waals surface area contributed by atoms with Gasteiger partial charge in [-0.2, -0.15) is 0 Å². The minimum Gasteiger partial charge on any atom is -0.456 e. The van der Waals surface area contributed by atoms with E-state index in [2.05, 4.69) is 182 Å². The van der Waals surface area contributed by atoms with E-state index in [1.165, 1.54) is 80.0 Å². The van der Waals surface area contributed by atoms with Crippen molar-refractivity contribution in [1.82, 2.24) is 0 Å². The number of hydrogen-bond acceptors (Lipinski definition) is 3. The normalized spacial score (nSPS) is 13.3. The Labute approximate surface area is 306 Å². The Morgan fingerprint density at radius 1 is 0.481 bits per heavy atom. The van der Waals surface area contributed by atoms with Crippen molar-refractivity contribution in [2.24, 2.45) is 0 Å². The van der Waals surface area contributed by atoms with Gasteiger partial charge in [-0.15, -0.1) is 11.3 Å². The highest BCUT2D eigenvalue weighted by Crippen LogP contribution is 2.44. The van der Waals surface area contributed by atoms with Crippen molar-refractivity contribution in [2.75, 3.05) is 4.90 Å². The molecule has 11 rings (SSSR count). The first-order chi connectivity index (χ1) is 25.5. The van der Waals surface area contributed by atoms with Crippen molar-refractivity contribution in [2.45, 2.75) is 13.1 Å².